The Labute approximate surface area is 153 Å². The minimum Gasteiger partial charge on any atom is -0.292 e. The molecule has 26 heavy (non-hydrogen) atoms. The smallest absolute Gasteiger partial charge is 0.292 e. The van der Waals surface area contributed by atoms with E-state index in [-0.39, 0.29) is 5.69 Å². The maximum Gasteiger partial charge on any atom is 0.431 e. The first-order valence-corrected chi connectivity index (χ1v) is 8.48. The van der Waals surface area contributed by atoms with Gasteiger partial charge in [-0.2, -0.15) is 13.2 Å². The molecule has 0 saturated heterocycles. The number of halogens is 4. The number of alkyl halides is 3. The van der Waals surface area contributed by atoms with E-state index in [2.05, 4.69) is 4.98 Å². The standard InChI is InChI=1S/C16H11ClF3N3O2S/c1-8-7-26-14(21-8)10-5-9(3-4-11(10)17)23-13(24)6-12(16(18,19)20)22(2)15(23)25/h3-7H,1-2H3. The fourth-order valence-corrected chi connectivity index (χ4v) is 3.52. The van der Waals surface area contributed by atoms with Gasteiger partial charge in [0.2, 0.25) is 0 Å². The maximum atomic E-state index is 13.0. The Bertz CT molecular complexity index is 1120. The van der Waals surface area contributed by atoms with Crippen molar-refractivity contribution in [1.82, 2.24) is 14.1 Å². The van der Waals surface area contributed by atoms with E-state index in [9.17, 15) is 22.8 Å². The van der Waals surface area contributed by atoms with Crippen molar-refractivity contribution < 1.29 is 13.2 Å². The first kappa shape index (κ1) is 18.4. The number of nitrogens with zero attached hydrogens (tertiary/aromatic N) is 3. The van der Waals surface area contributed by atoms with Crippen LogP contribution in [-0.4, -0.2) is 14.1 Å². The van der Waals surface area contributed by atoms with Crippen LogP contribution in [0.2, 0.25) is 5.02 Å². The summed E-state index contributed by atoms with van der Waals surface area (Å²) < 4.78 is 39.9. The highest BCUT2D eigenvalue weighted by Crippen LogP contribution is 2.32. The third-order valence-electron chi connectivity index (χ3n) is 3.67. The summed E-state index contributed by atoms with van der Waals surface area (Å²) in [4.78, 5) is 28.9. The number of hydrogen-bond acceptors (Lipinski definition) is 4. The molecule has 0 bridgehead atoms. The van der Waals surface area contributed by atoms with Gasteiger partial charge >= 0.3 is 11.9 Å². The van der Waals surface area contributed by atoms with Crippen LogP contribution in [0.4, 0.5) is 13.2 Å². The Morgan fingerprint density at radius 1 is 1.19 bits per heavy atom. The first-order valence-electron chi connectivity index (χ1n) is 7.22. The molecule has 0 N–H and O–H groups in total. The van der Waals surface area contributed by atoms with E-state index < -0.39 is 23.1 Å². The Kier molecular flexibility index (Phi) is 4.53. The van der Waals surface area contributed by atoms with Crippen molar-refractivity contribution in [2.75, 3.05) is 0 Å². The number of aryl methyl sites for hydroxylation is 1. The lowest BCUT2D eigenvalue weighted by molar-refractivity contribution is -0.144. The topological polar surface area (TPSA) is 56.9 Å². The average molecular weight is 402 g/mol. The van der Waals surface area contributed by atoms with Crippen LogP contribution in [0.3, 0.4) is 0 Å². The predicted molar refractivity (Wildman–Crippen MR) is 93.1 cm³/mol. The Balaban J connectivity index is 2.24. The van der Waals surface area contributed by atoms with Crippen molar-refractivity contribution in [2.45, 2.75) is 13.1 Å². The molecular weight excluding hydrogens is 391 g/mol. The summed E-state index contributed by atoms with van der Waals surface area (Å²) in [6, 6.07) is 4.70. The van der Waals surface area contributed by atoms with Gasteiger partial charge in [0, 0.05) is 29.8 Å². The molecule has 0 atom stereocenters. The summed E-state index contributed by atoms with van der Waals surface area (Å²) in [7, 11) is 0.960. The van der Waals surface area contributed by atoms with E-state index in [1.165, 1.54) is 29.5 Å². The van der Waals surface area contributed by atoms with Crippen molar-refractivity contribution in [2.24, 2.45) is 7.05 Å². The van der Waals surface area contributed by atoms with Crippen LogP contribution in [0, 0.1) is 6.92 Å². The van der Waals surface area contributed by atoms with Gasteiger partial charge in [0.25, 0.3) is 5.56 Å². The molecule has 3 rings (SSSR count). The molecule has 5 nitrogen and oxygen atoms in total. The van der Waals surface area contributed by atoms with E-state index in [4.69, 9.17) is 11.6 Å². The SMILES string of the molecule is Cc1csc(-c2cc(-n3c(=O)cc(C(F)(F)F)n(C)c3=O)ccc2Cl)n1. The fourth-order valence-electron chi connectivity index (χ4n) is 2.43. The average Bonchev–Trinajstić information content (AvgIpc) is 2.97. The highest BCUT2D eigenvalue weighted by atomic mass is 35.5. The normalized spacial score (nSPS) is 11.8. The van der Waals surface area contributed by atoms with Gasteiger partial charge in [-0.3, -0.25) is 9.36 Å². The molecule has 1 aromatic carbocycles. The summed E-state index contributed by atoms with van der Waals surface area (Å²) in [6.45, 7) is 1.80. The van der Waals surface area contributed by atoms with Crippen LogP contribution >= 0.6 is 22.9 Å². The zero-order valence-corrected chi connectivity index (χ0v) is 15.0. The summed E-state index contributed by atoms with van der Waals surface area (Å²) in [5.74, 6) is 0. The number of rotatable bonds is 2. The summed E-state index contributed by atoms with van der Waals surface area (Å²) in [6.07, 6.45) is -4.81. The second kappa shape index (κ2) is 6.40. The van der Waals surface area contributed by atoms with Gasteiger partial charge in [-0.15, -0.1) is 11.3 Å². The molecule has 0 amide bonds. The first-order chi connectivity index (χ1) is 12.1. The third-order valence-corrected chi connectivity index (χ3v) is 4.99. The second-order valence-corrected chi connectivity index (χ2v) is 6.77. The molecule has 2 heterocycles. The van der Waals surface area contributed by atoms with Crippen LogP contribution in [0.5, 0.6) is 0 Å². The van der Waals surface area contributed by atoms with Crippen molar-refractivity contribution in [3.05, 3.63) is 66.9 Å². The molecule has 2 aromatic heterocycles. The van der Waals surface area contributed by atoms with E-state index in [0.717, 1.165) is 12.7 Å². The summed E-state index contributed by atoms with van der Waals surface area (Å²) in [5.41, 5.74) is -2.13. The fraction of sp³-hybridized carbons (Fsp3) is 0.188. The summed E-state index contributed by atoms with van der Waals surface area (Å²) >= 11 is 7.49. The highest BCUT2D eigenvalue weighted by molar-refractivity contribution is 7.13. The quantitative estimate of drug-likeness (QED) is 0.658. The Morgan fingerprint density at radius 3 is 2.46 bits per heavy atom. The lowest BCUT2D eigenvalue weighted by Crippen LogP contribution is -2.40. The largest absolute Gasteiger partial charge is 0.431 e. The van der Waals surface area contributed by atoms with Crippen LogP contribution in [-0.2, 0) is 13.2 Å². The molecule has 0 saturated carbocycles. The molecule has 136 valence electrons. The minimum atomic E-state index is -4.81. The highest BCUT2D eigenvalue weighted by Gasteiger charge is 2.35. The number of aromatic nitrogens is 3. The molecule has 0 aliphatic rings. The van der Waals surface area contributed by atoms with Gasteiger partial charge in [-0.1, -0.05) is 11.6 Å². The lowest BCUT2D eigenvalue weighted by atomic mass is 10.2. The molecule has 3 aromatic rings. The number of hydrogen-bond donors (Lipinski definition) is 0. The number of thiazole rings is 1. The molecule has 0 radical (unpaired) electrons. The molecule has 0 fully saturated rings. The molecule has 10 heteroatoms. The lowest BCUT2D eigenvalue weighted by Gasteiger charge is -2.14. The molecule has 0 unspecified atom stereocenters. The van der Waals surface area contributed by atoms with E-state index in [1.54, 1.807) is 6.92 Å². The minimum absolute atomic E-state index is 0.108. The van der Waals surface area contributed by atoms with Crippen molar-refractivity contribution in [1.29, 1.82) is 0 Å². The van der Waals surface area contributed by atoms with Gasteiger partial charge < -0.3 is 0 Å². The van der Waals surface area contributed by atoms with Gasteiger partial charge in [-0.05, 0) is 25.1 Å². The van der Waals surface area contributed by atoms with Crippen LogP contribution in [0.15, 0.2) is 39.2 Å². The maximum absolute atomic E-state index is 13.0. The van der Waals surface area contributed by atoms with Crippen LogP contribution in [0.25, 0.3) is 16.3 Å². The zero-order valence-electron chi connectivity index (χ0n) is 13.5. The molecule has 0 aliphatic heterocycles. The van der Waals surface area contributed by atoms with Crippen LogP contribution in [0.1, 0.15) is 11.4 Å². The molecule has 0 aliphatic carbocycles. The molecular formula is C16H11ClF3N3O2S. The van der Waals surface area contributed by atoms with Gasteiger partial charge in [0.05, 0.1) is 10.7 Å². The Morgan fingerprint density at radius 2 is 1.88 bits per heavy atom. The van der Waals surface area contributed by atoms with Gasteiger partial charge in [0.15, 0.2) is 0 Å². The van der Waals surface area contributed by atoms with Crippen LogP contribution < -0.4 is 11.2 Å². The van der Waals surface area contributed by atoms with Crippen molar-refractivity contribution in [3.8, 4) is 16.3 Å². The van der Waals surface area contributed by atoms with Crippen molar-refractivity contribution in [3.63, 3.8) is 0 Å². The van der Waals surface area contributed by atoms with E-state index in [0.29, 0.717) is 30.8 Å². The third kappa shape index (κ3) is 3.19. The monoisotopic (exact) mass is 401 g/mol. The zero-order chi connectivity index (χ0) is 19.2. The van der Waals surface area contributed by atoms with E-state index >= 15 is 0 Å². The predicted octanol–water partition coefficient (Wildman–Crippen LogP) is 3.64. The van der Waals surface area contributed by atoms with Gasteiger partial charge in [0.1, 0.15) is 10.7 Å². The molecule has 0 spiro atoms. The van der Waals surface area contributed by atoms with Crippen molar-refractivity contribution >= 4 is 22.9 Å². The number of benzene rings is 1. The Hall–Kier alpha value is -2.39. The summed E-state index contributed by atoms with van der Waals surface area (Å²) in [5, 5.41) is 2.73. The van der Waals surface area contributed by atoms with Gasteiger partial charge in [-0.25, -0.2) is 14.3 Å². The van der Waals surface area contributed by atoms with E-state index in [1.807, 2.05) is 5.38 Å². The second-order valence-electron chi connectivity index (χ2n) is 5.50.